The summed E-state index contributed by atoms with van der Waals surface area (Å²) in [7, 11) is 0. The maximum atomic E-state index is 13.7. The van der Waals surface area contributed by atoms with E-state index in [-0.39, 0.29) is 5.56 Å². The van der Waals surface area contributed by atoms with E-state index >= 15 is 0 Å². The SMILES string of the molecule is O=c1c2ccc(-c3ccccc3)cc2sc2nc3cc(-c4cccc(-c5nc(-c6ccccc6)nc(-c6ccccc6)n5)c4)ccc3n12. The van der Waals surface area contributed by atoms with Gasteiger partial charge < -0.3 is 0 Å². The molecule has 0 spiro atoms. The number of fused-ring (bicyclic) bond motifs is 4. The Morgan fingerprint density at radius 2 is 0.958 bits per heavy atom. The van der Waals surface area contributed by atoms with Crippen LogP contribution in [0.4, 0.5) is 0 Å². The molecular formula is C41H25N5OS. The summed E-state index contributed by atoms with van der Waals surface area (Å²) in [6.07, 6.45) is 0. The van der Waals surface area contributed by atoms with Crippen molar-refractivity contribution in [3.8, 4) is 56.4 Å². The first-order valence-corrected chi connectivity index (χ1v) is 16.4. The van der Waals surface area contributed by atoms with E-state index in [1.165, 1.54) is 11.3 Å². The van der Waals surface area contributed by atoms with Gasteiger partial charge in [0, 0.05) is 21.4 Å². The van der Waals surface area contributed by atoms with E-state index in [2.05, 4.69) is 30.3 Å². The second-order valence-corrected chi connectivity index (χ2v) is 12.5. The topological polar surface area (TPSA) is 73.0 Å². The van der Waals surface area contributed by atoms with Crippen LogP contribution in [0, 0.1) is 0 Å². The summed E-state index contributed by atoms with van der Waals surface area (Å²) in [5, 5.41) is 0.686. The zero-order valence-electron chi connectivity index (χ0n) is 25.5. The summed E-state index contributed by atoms with van der Waals surface area (Å²) >= 11 is 1.53. The molecule has 0 radical (unpaired) electrons. The van der Waals surface area contributed by atoms with Gasteiger partial charge >= 0.3 is 0 Å². The molecule has 3 heterocycles. The summed E-state index contributed by atoms with van der Waals surface area (Å²) < 4.78 is 2.64. The Kier molecular flexibility index (Phi) is 6.69. The number of imidazole rings is 1. The van der Waals surface area contributed by atoms with Crippen LogP contribution in [0.15, 0.2) is 156 Å². The van der Waals surface area contributed by atoms with Crippen molar-refractivity contribution in [3.63, 3.8) is 0 Å². The number of nitrogens with zero attached hydrogens (tertiary/aromatic N) is 5. The van der Waals surface area contributed by atoms with Crippen LogP contribution in [-0.4, -0.2) is 24.3 Å². The molecule has 226 valence electrons. The lowest BCUT2D eigenvalue weighted by molar-refractivity contribution is 1.07. The highest BCUT2D eigenvalue weighted by molar-refractivity contribution is 7.23. The summed E-state index contributed by atoms with van der Waals surface area (Å²) in [5.41, 5.74) is 8.40. The van der Waals surface area contributed by atoms with Crippen molar-refractivity contribution in [2.45, 2.75) is 0 Å². The van der Waals surface area contributed by atoms with Crippen LogP contribution in [0.1, 0.15) is 0 Å². The monoisotopic (exact) mass is 635 g/mol. The molecule has 0 N–H and O–H groups in total. The number of rotatable bonds is 5. The molecule has 0 saturated heterocycles. The Bertz CT molecular complexity index is 2630. The van der Waals surface area contributed by atoms with E-state index < -0.39 is 0 Å². The van der Waals surface area contributed by atoms with Crippen LogP contribution in [0.2, 0.25) is 0 Å². The van der Waals surface area contributed by atoms with Crippen LogP contribution < -0.4 is 5.56 Å². The molecule has 6 nitrogen and oxygen atoms in total. The van der Waals surface area contributed by atoms with Crippen molar-refractivity contribution in [2.24, 2.45) is 0 Å². The quantitative estimate of drug-likeness (QED) is 0.188. The van der Waals surface area contributed by atoms with Gasteiger partial charge in [0.2, 0.25) is 0 Å². The van der Waals surface area contributed by atoms with Gasteiger partial charge in [-0.2, -0.15) is 0 Å². The second kappa shape index (κ2) is 11.5. The van der Waals surface area contributed by atoms with E-state index in [4.69, 9.17) is 19.9 Å². The molecule has 7 heteroatoms. The van der Waals surface area contributed by atoms with Gasteiger partial charge in [0.25, 0.3) is 5.56 Å². The molecule has 0 saturated carbocycles. The summed E-state index contributed by atoms with van der Waals surface area (Å²) in [5.74, 6) is 1.83. The minimum Gasteiger partial charge on any atom is -0.268 e. The van der Waals surface area contributed by atoms with Crippen molar-refractivity contribution < 1.29 is 0 Å². The normalized spacial score (nSPS) is 11.4. The Labute approximate surface area is 279 Å². The average molecular weight is 636 g/mol. The third-order valence-corrected chi connectivity index (χ3v) is 9.51. The Hall–Kier alpha value is -6.31. The first-order valence-electron chi connectivity index (χ1n) is 15.6. The van der Waals surface area contributed by atoms with Gasteiger partial charge in [-0.15, -0.1) is 0 Å². The second-order valence-electron chi connectivity index (χ2n) is 11.5. The highest BCUT2D eigenvalue weighted by Gasteiger charge is 2.15. The molecule has 0 aliphatic heterocycles. The first-order chi connectivity index (χ1) is 23.7. The van der Waals surface area contributed by atoms with E-state index in [9.17, 15) is 4.79 Å². The van der Waals surface area contributed by atoms with Crippen molar-refractivity contribution >= 4 is 37.4 Å². The molecular weight excluding hydrogens is 611 g/mol. The molecule has 48 heavy (non-hydrogen) atoms. The highest BCUT2D eigenvalue weighted by atomic mass is 32.1. The maximum absolute atomic E-state index is 13.7. The molecule has 0 fully saturated rings. The van der Waals surface area contributed by atoms with E-state index in [0.717, 1.165) is 54.7 Å². The third-order valence-electron chi connectivity index (χ3n) is 8.50. The fraction of sp³-hybridized carbons (Fsp3) is 0. The van der Waals surface area contributed by atoms with Gasteiger partial charge in [-0.3, -0.25) is 4.79 Å². The minimum atomic E-state index is -0.0612. The fourth-order valence-electron chi connectivity index (χ4n) is 6.09. The molecule has 0 aliphatic carbocycles. The number of aromatic nitrogens is 5. The van der Waals surface area contributed by atoms with Gasteiger partial charge in [-0.1, -0.05) is 133 Å². The lowest BCUT2D eigenvalue weighted by atomic mass is 10.0. The van der Waals surface area contributed by atoms with Crippen LogP contribution in [0.5, 0.6) is 0 Å². The van der Waals surface area contributed by atoms with E-state index in [1.807, 2.05) is 121 Å². The molecule has 6 aromatic carbocycles. The Balaban J connectivity index is 1.14. The van der Waals surface area contributed by atoms with Gasteiger partial charge in [-0.25, -0.2) is 24.3 Å². The Morgan fingerprint density at radius 1 is 0.438 bits per heavy atom. The zero-order valence-corrected chi connectivity index (χ0v) is 26.3. The van der Waals surface area contributed by atoms with Crippen LogP contribution in [0.3, 0.4) is 0 Å². The van der Waals surface area contributed by atoms with Crippen molar-refractivity contribution in [1.82, 2.24) is 24.3 Å². The van der Waals surface area contributed by atoms with Gasteiger partial charge in [-0.05, 0) is 52.6 Å². The Morgan fingerprint density at radius 3 is 1.62 bits per heavy atom. The highest BCUT2D eigenvalue weighted by Crippen LogP contribution is 2.32. The van der Waals surface area contributed by atoms with E-state index in [1.54, 1.807) is 4.40 Å². The molecule has 3 aromatic heterocycles. The summed E-state index contributed by atoms with van der Waals surface area (Å²) in [4.78, 5) is 34.0. The van der Waals surface area contributed by atoms with Gasteiger partial charge in [0.15, 0.2) is 22.4 Å². The lowest BCUT2D eigenvalue weighted by Gasteiger charge is -2.09. The largest absolute Gasteiger partial charge is 0.268 e. The smallest absolute Gasteiger partial charge is 0.266 e. The summed E-state index contributed by atoms with van der Waals surface area (Å²) in [6, 6.07) is 50.4. The zero-order chi connectivity index (χ0) is 32.0. The van der Waals surface area contributed by atoms with Crippen LogP contribution >= 0.6 is 11.3 Å². The standard InChI is InChI=1S/C41H25N5OS/c47-40-33-21-19-31(26-11-4-1-5-12-26)25-36(33)48-41-42-34-24-30(20-22-35(34)46(40)41)29-17-10-18-32(23-29)39-44-37(27-13-6-2-7-14-27)43-38(45-39)28-15-8-3-9-16-28/h1-25H. The fourth-order valence-corrected chi connectivity index (χ4v) is 7.15. The molecule has 0 bridgehead atoms. The van der Waals surface area contributed by atoms with Gasteiger partial charge in [0.1, 0.15) is 0 Å². The third kappa shape index (κ3) is 4.94. The van der Waals surface area contributed by atoms with Crippen molar-refractivity contribution in [1.29, 1.82) is 0 Å². The molecule has 9 aromatic rings. The van der Waals surface area contributed by atoms with Crippen LogP contribution in [-0.2, 0) is 0 Å². The minimum absolute atomic E-state index is 0.0612. The average Bonchev–Trinajstić information content (AvgIpc) is 3.53. The number of benzene rings is 6. The lowest BCUT2D eigenvalue weighted by Crippen LogP contribution is -2.11. The first kappa shape index (κ1) is 28.0. The molecule has 9 rings (SSSR count). The summed E-state index contributed by atoms with van der Waals surface area (Å²) in [6.45, 7) is 0. The van der Waals surface area contributed by atoms with Crippen molar-refractivity contribution in [2.75, 3.05) is 0 Å². The van der Waals surface area contributed by atoms with E-state index in [0.29, 0.717) is 27.8 Å². The molecule has 0 aliphatic rings. The molecule has 0 atom stereocenters. The van der Waals surface area contributed by atoms with Gasteiger partial charge in [0.05, 0.1) is 16.4 Å². The predicted molar refractivity (Wildman–Crippen MR) is 195 cm³/mol. The number of hydrogen-bond acceptors (Lipinski definition) is 6. The van der Waals surface area contributed by atoms with Crippen molar-refractivity contribution in [3.05, 3.63) is 162 Å². The molecule has 0 amide bonds. The maximum Gasteiger partial charge on any atom is 0.266 e. The molecule has 0 unspecified atom stereocenters. The predicted octanol–water partition coefficient (Wildman–Crippen LogP) is 9.58. The number of hydrogen-bond donors (Lipinski definition) is 0. The van der Waals surface area contributed by atoms with Crippen LogP contribution in [0.25, 0.3) is 82.5 Å².